The van der Waals surface area contributed by atoms with Crippen molar-refractivity contribution in [3.63, 3.8) is 0 Å². The topological polar surface area (TPSA) is 150 Å². The zero-order chi connectivity index (χ0) is 35.7. The van der Waals surface area contributed by atoms with Crippen molar-refractivity contribution in [3.05, 3.63) is 0 Å². The number of unbranched alkanes of at least 4 members (excludes halogenated alkanes) is 27. The molecular formula is C36H77NaO9S2. The minimum atomic E-state index is -4.67. The van der Waals surface area contributed by atoms with Gasteiger partial charge in [-0.1, -0.05) is 194 Å². The smallest absolute Gasteiger partial charge is 0.726 e. The number of ether oxygens (including phenoxy) is 1. The van der Waals surface area contributed by atoms with E-state index in [1.54, 1.807) is 0 Å². The van der Waals surface area contributed by atoms with Crippen LogP contribution >= 0.6 is 0 Å². The molecule has 0 atom stereocenters. The minimum absolute atomic E-state index is 0. The fourth-order valence-corrected chi connectivity index (χ4v) is 5.56. The summed E-state index contributed by atoms with van der Waals surface area (Å²) in [7, 11) is -9.15. The van der Waals surface area contributed by atoms with Crippen LogP contribution in [-0.2, 0) is 29.7 Å². The van der Waals surface area contributed by atoms with Gasteiger partial charge >= 0.3 is 40.0 Å². The zero-order valence-corrected chi connectivity index (χ0v) is 35.5. The summed E-state index contributed by atoms with van der Waals surface area (Å²) in [6, 6.07) is 0. The van der Waals surface area contributed by atoms with Gasteiger partial charge in [0.05, 0.1) is 6.61 Å². The molecule has 0 aliphatic carbocycles. The molecule has 0 aliphatic rings. The van der Waals surface area contributed by atoms with Gasteiger partial charge < -0.3 is 9.29 Å². The van der Waals surface area contributed by atoms with E-state index in [-0.39, 0.29) is 36.2 Å². The first-order valence-corrected chi connectivity index (χ1v) is 22.1. The predicted molar refractivity (Wildman–Crippen MR) is 196 cm³/mol. The van der Waals surface area contributed by atoms with Crippen molar-refractivity contribution in [1.82, 2.24) is 0 Å². The third-order valence-corrected chi connectivity index (χ3v) is 8.47. The summed E-state index contributed by atoms with van der Waals surface area (Å²) in [5, 5.41) is 0. The molecule has 0 spiro atoms. The summed E-state index contributed by atoms with van der Waals surface area (Å²) < 4.78 is 71.8. The van der Waals surface area contributed by atoms with E-state index in [9.17, 15) is 13.0 Å². The van der Waals surface area contributed by atoms with E-state index in [2.05, 4.69) is 25.0 Å². The van der Waals surface area contributed by atoms with E-state index >= 15 is 0 Å². The monoisotopic (exact) mass is 740 g/mol. The molecule has 0 aromatic heterocycles. The maximum atomic E-state index is 10.1. The van der Waals surface area contributed by atoms with Crippen LogP contribution in [0.25, 0.3) is 0 Å². The summed E-state index contributed by atoms with van der Waals surface area (Å²) in [4.78, 5) is 0. The molecule has 12 heteroatoms. The van der Waals surface area contributed by atoms with Crippen molar-refractivity contribution in [2.45, 2.75) is 213 Å². The van der Waals surface area contributed by atoms with Crippen LogP contribution in [0.5, 0.6) is 0 Å². The fourth-order valence-electron chi connectivity index (χ4n) is 5.24. The Balaban J connectivity index is -0.000000364. The van der Waals surface area contributed by atoms with Gasteiger partial charge in [0.25, 0.3) is 0 Å². The summed E-state index contributed by atoms with van der Waals surface area (Å²) >= 11 is 0. The minimum Gasteiger partial charge on any atom is -0.726 e. The Kier molecular flexibility index (Phi) is 52.8. The number of hydrogen-bond acceptors (Lipinski definition) is 7. The average molecular weight is 741 g/mol. The Morgan fingerprint density at radius 1 is 0.396 bits per heavy atom. The van der Waals surface area contributed by atoms with Crippen molar-refractivity contribution in [3.8, 4) is 0 Å². The fraction of sp³-hybridized carbons (Fsp3) is 1.00. The standard InChI is InChI=1S/C24H50O.C12H26O4S.Na.H2O4S/c1-3-5-7-9-11-13-15-17-19-21-23-25-24-22-20-18-16-14-12-10-8-6-4-2;1-2-3-4-5-6-7-8-9-10-11-12-16-17(13,14)15;;1-5(2,3)4/h3-24H2,1-2H3;2-12H2,1H3,(H,13,14,15);;(H2,1,2,3,4)/q;;+1;/p-1. The molecule has 0 aliphatic heterocycles. The first kappa shape index (κ1) is 55.5. The summed E-state index contributed by atoms with van der Waals surface area (Å²) in [5.41, 5.74) is 0. The van der Waals surface area contributed by atoms with Gasteiger partial charge in [0.15, 0.2) is 0 Å². The SMILES string of the molecule is CCCCCCCCCCCCOCCCCCCCCCCCC.CCCCCCCCCCCCOS(=O)(=O)[O-].O=S(=O)(O)O.[Na+]. The first-order chi connectivity index (χ1) is 22.5. The molecular weight excluding hydrogens is 664 g/mol. The second-order valence-electron chi connectivity index (χ2n) is 12.8. The molecule has 0 bridgehead atoms. The predicted octanol–water partition coefficient (Wildman–Crippen LogP) is 8.58. The van der Waals surface area contributed by atoms with E-state index in [1.165, 1.54) is 173 Å². The molecule has 0 saturated carbocycles. The van der Waals surface area contributed by atoms with Crippen LogP contribution in [0.4, 0.5) is 0 Å². The Morgan fingerprint density at radius 2 is 0.583 bits per heavy atom. The van der Waals surface area contributed by atoms with Crippen LogP contribution in [0, 0.1) is 0 Å². The zero-order valence-electron chi connectivity index (χ0n) is 31.9. The second kappa shape index (κ2) is 45.7. The van der Waals surface area contributed by atoms with Crippen molar-refractivity contribution < 1.29 is 69.0 Å². The van der Waals surface area contributed by atoms with Crippen molar-refractivity contribution in [2.24, 2.45) is 0 Å². The van der Waals surface area contributed by atoms with Crippen molar-refractivity contribution >= 4 is 20.8 Å². The molecule has 2 N–H and O–H groups in total. The van der Waals surface area contributed by atoms with Crippen molar-refractivity contribution in [1.29, 1.82) is 0 Å². The van der Waals surface area contributed by atoms with E-state index < -0.39 is 20.8 Å². The molecule has 48 heavy (non-hydrogen) atoms. The van der Waals surface area contributed by atoms with Gasteiger partial charge in [-0.3, -0.25) is 13.3 Å². The van der Waals surface area contributed by atoms with Gasteiger partial charge in [-0.2, -0.15) is 8.42 Å². The van der Waals surface area contributed by atoms with E-state index in [4.69, 9.17) is 22.3 Å². The maximum Gasteiger partial charge on any atom is 1.00 e. The van der Waals surface area contributed by atoms with Crippen LogP contribution in [-0.4, -0.2) is 50.3 Å². The Morgan fingerprint density at radius 3 is 0.792 bits per heavy atom. The molecule has 0 aromatic carbocycles. The summed E-state index contributed by atoms with van der Waals surface area (Å²) in [5.74, 6) is 0. The van der Waals surface area contributed by atoms with Crippen LogP contribution in [0.3, 0.4) is 0 Å². The second-order valence-corrected chi connectivity index (χ2v) is 14.8. The van der Waals surface area contributed by atoms with Gasteiger partial charge in [-0.15, -0.1) is 0 Å². The largest absolute Gasteiger partial charge is 1.00 e. The van der Waals surface area contributed by atoms with Gasteiger partial charge in [0.2, 0.25) is 10.4 Å². The average Bonchev–Trinajstić information content (AvgIpc) is 2.99. The Hall–Kier alpha value is 0.700. The van der Waals surface area contributed by atoms with Crippen LogP contribution in [0.2, 0.25) is 0 Å². The van der Waals surface area contributed by atoms with Crippen molar-refractivity contribution in [2.75, 3.05) is 19.8 Å². The van der Waals surface area contributed by atoms with Crippen LogP contribution in [0.1, 0.15) is 213 Å². The van der Waals surface area contributed by atoms with Gasteiger partial charge in [0.1, 0.15) is 0 Å². The maximum absolute atomic E-state index is 10.1. The molecule has 0 saturated heterocycles. The molecule has 288 valence electrons. The van der Waals surface area contributed by atoms with Crippen LogP contribution < -0.4 is 29.6 Å². The number of hydrogen-bond donors (Lipinski definition) is 2. The quantitative estimate of drug-likeness (QED) is 0.0286. The van der Waals surface area contributed by atoms with Gasteiger partial charge in [-0.25, -0.2) is 8.42 Å². The molecule has 0 heterocycles. The van der Waals surface area contributed by atoms with E-state index in [0.29, 0.717) is 6.42 Å². The summed E-state index contributed by atoms with van der Waals surface area (Å²) in [6.45, 7) is 8.81. The molecule has 0 rings (SSSR count). The molecule has 0 aromatic rings. The van der Waals surface area contributed by atoms with Gasteiger partial charge in [-0.05, 0) is 19.3 Å². The van der Waals surface area contributed by atoms with Gasteiger partial charge in [0, 0.05) is 13.2 Å². The number of rotatable bonds is 34. The third-order valence-electron chi connectivity index (χ3n) is 8.01. The Bertz CT molecular complexity index is 752. The summed E-state index contributed by atoms with van der Waals surface area (Å²) in [6.07, 6.45) is 39.9. The molecule has 0 radical (unpaired) electrons. The van der Waals surface area contributed by atoms with E-state index in [1.807, 2.05) is 0 Å². The molecule has 0 fully saturated rings. The Labute approximate surface area is 321 Å². The molecule has 0 amide bonds. The molecule has 9 nitrogen and oxygen atoms in total. The normalized spacial score (nSPS) is 11.3. The van der Waals surface area contributed by atoms with E-state index in [0.717, 1.165) is 26.1 Å². The first-order valence-electron chi connectivity index (χ1n) is 19.4. The molecule has 0 unspecified atom stereocenters. The third kappa shape index (κ3) is 72.4. The van der Waals surface area contributed by atoms with Crippen LogP contribution in [0.15, 0.2) is 0 Å².